The number of para-hydroxylation sites is 1. The van der Waals surface area contributed by atoms with Crippen molar-refractivity contribution in [3.63, 3.8) is 0 Å². The van der Waals surface area contributed by atoms with Crippen LogP contribution in [0.1, 0.15) is 12.0 Å². The molecule has 3 heterocycles. The average Bonchev–Trinajstić information content (AvgIpc) is 2.96. The topological polar surface area (TPSA) is 39.8 Å². The van der Waals surface area contributed by atoms with Crippen molar-refractivity contribution < 1.29 is 0 Å². The summed E-state index contributed by atoms with van der Waals surface area (Å²) in [5, 5.41) is 2.56. The van der Waals surface area contributed by atoms with Gasteiger partial charge in [-0.1, -0.05) is 53.7 Å². The molecule has 0 spiro atoms. The highest BCUT2D eigenvalue weighted by atomic mass is 35.5. The molecule has 0 N–H and O–H groups in total. The minimum absolute atomic E-state index is 0.0513. The van der Waals surface area contributed by atoms with Crippen LogP contribution < -0.4 is 5.56 Å². The molecule has 2 aromatic heterocycles. The first-order valence-electron chi connectivity index (χ1n) is 8.61. The van der Waals surface area contributed by atoms with Gasteiger partial charge >= 0.3 is 0 Å². The van der Waals surface area contributed by atoms with Crippen molar-refractivity contribution in [2.45, 2.75) is 24.7 Å². The zero-order valence-electron chi connectivity index (χ0n) is 14.0. The lowest BCUT2D eigenvalue weighted by molar-refractivity contribution is 0.569. The lowest BCUT2D eigenvalue weighted by Gasteiger charge is -2.17. The Bertz CT molecular complexity index is 1210. The molecule has 0 saturated carbocycles. The number of nitrogens with zero attached hydrogens (tertiary/aromatic N) is 3. The van der Waals surface area contributed by atoms with Crippen LogP contribution in [0.15, 0.2) is 58.5 Å². The first-order valence-corrected chi connectivity index (χ1v) is 9.98. The minimum Gasteiger partial charge on any atom is -0.330 e. The number of thioether (sulfide) groups is 1. The summed E-state index contributed by atoms with van der Waals surface area (Å²) in [6.45, 7) is 1.33. The molecule has 0 bridgehead atoms. The molecule has 6 heteroatoms. The zero-order chi connectivity index (χ0) is 17.7. The van der Waals surface area contributed by atoms with E-state index in [0.717, 1.165) is 45.9 Å². The lowest BCUT2D eigenvalue weighted by atomic mass is 10.2. The van der Waals surface area contributed by atoms with E-state index in [-0.39, 0.29) is 5.56 Å². The molecule has 0 aliphatic carbocycles. The van der Waals surface area contributed by atoms with Crippen molar-refractivity contribution in [1.82, 2.24) is 14.1 Å². The fourth-order valence-electron chi connectivity index (χ4n) is 3.66. The number of halogens is 1. The van der Waals surface area contributed by atoms with Gasteiger partial charge in [0.2, 0.25) is 0 Å². The second kappa shape index (κ2) is 6.18. The van der Waals surface area contributed by atoms with Gasteiger partial charge in [0.1, 0.15) is 11.0 Å². The Labute approximate surface area is 159 Å². The lowest BCUT2D eigenvalue weighted by Crippen LogP contribution is -2.27. The fourth-order valence-corrected chi connectivity index (χ4v) is 4.82. The van der Waals surface area contributed by atoms with E-state index in [1.165, 1.54) is 0 Å². The molecule has 0 unspecified atom stereocenters. The first kappa shape index (κ1) is 16.0. The van der Waals surface area contributed by atoms with E-state index >= 15 is 0 Å². The van der Waals surface area contributed by atoms with E-state index < -0.39 is 0 Å². The number of fused-ring (bicyclic) bond motifs is 4. The largest absolute Gasteiger partial charge is 0.330 e. The molecule has 1 aliphatic rings. The Morgan fingerprint density at radius 3 is 2.92 bits per heavy atom. The molecule has 0 atom stereocenters. The minimum atomic E-state index is 0.0513. The van der Waals surface area contributed by atoms with Gasteiger partial charge in [-0.3, -0.25) is 9.36 Å². The van der Waals surface area contributed by atoms with Crippen molar-refractivity contribution in [3.05, 3.63) is 69.5 Å². The van der Waals surface area contributed by atoms with Gasteiger partial charge in [0.25, 0.3) is 5.56 Å². The number of hydrogen-bond acceptors (Lipinski definition) is 3. The van der Waals surface area contributed by atoms with E-state index in [2.05, 4.69) is 10.6 Å². The molecular formula is C20H16ClN3OS. The Morgan fingerprint density at radius 1 is 1.15 bits per heavy atom. The van der Waals surface area contributed by atoms with Crippen LogP contribution in [0, 0.1) is 0 Å². The molecule has 1 aliphatic heterocycles. The van der Waals surface area contributed by atoms with Crippen molar-refractivity contribution in [3.8, 4) is 0 Å². The second-order valence-corrected chi connectivity index (χ2v) is 7.98. The molecule has 0 fully saturated rings. The van der Waals surface area contributed by atoms with Gasteiger partial charge in [-0.05, 0) is 30.2 Å². The van der Waals surface area contributed by atoms with Crippen molar-refractivity contribution in [1.29, 1.82) is 0 Å². The standard InChI is InChI=1S/C20H16ClN3OS/c21-14-6-3-5-13(11-14)12-24-16-8-2-1-7-15(16)17-18(24)19(25)23-9-4-10-26-20(23)22-17/h1-3,5-8,11H,4,9-10,12H2. The Morgan fingerprint density at radius 2 is 2.04 bits per heavy atom. The molecule has 0 saturated heterocycles. The summed E-state index contributed by atoms with van der Waals surface area (Å²) < 4.78 is 3.90. The van der Waals surface area contributed by atoms with Crippen LogP contribution in [-0.2, 0) is 13.1 Å². The average molecular weight is 382 g/mol. The number of aromatic nitrogens is 3. The van der Waals surface area contributed by atoms with Crippen LogP contribution in [0.25, 0.3) is 21.9 Å². The number of hydrogen-bond donors (Lipinski definition) is 0. The maximum absolute atomic E-state index is 13.3. The summed E-state index contributed by atoms with van der Waals surface area (Å²) in [7, 11) is 0. The van der Waals surface area contributed by atoms with E-state index in [1.807, 2.05) is 47.0 Å². The summed E-state index contributed by atoms with van der Waals surface area (Å²) in [6.07, 6.45) is 0.999. The molecule has 130 valence electrons. The number of benzene rings is 2. The Hall–Kier alpha value is -2.24. The molecule has 26 heavy (non-hydrogen) atoms. The van der Waals surface area contributed by atoms with Gasteiger partial charge in [-0.25, -0.2) is 4.98 Å². The maximum atomic E-state index is 13.3. The fraction of sp³-hybridized carbons (Fsp3) is 0.200. The molecule has 4 nitrogen and oxygen atoms in total. The van der Waals surface area contributed by atoms with Gasteiger partial charge < -0.3 is 4.57 Å². The third-order valence-electron chi connectivity index (χ3n) is 4.82. The van der Waals surface area contributed by atoms with E-state index in [9.17, 15) is 4.79 Å². The molecular weight excluding hydrogens is 366 g/mol. The molecule has 5 rings (SSSR count). The van der Waals surface area contributed by atoms with Crippen molar-refractivity contribution >= 4 is 45.3 Å². The summed E-state index contributed by atoms with van der Waals surface area (Å²) in [6, 6.07) is 15.9. The smallest absolute Gasteiger partial charge is 0.278 e. The van der Waals surface area contributed by atoms with Crippen LogP contribution in [0.3, 0.4) is 0 Å². The van der Waals surface area contributed by atoms with Crippen LogP contribution in [-0.4, -0.2) is 19.9 Å². The summed E-state index contributed by atoms with van der Waals surface area (Å²) in [5.74, 6) is 1.01. The first-order chi connectivity index (χ1) is 12.7. The van der Waals surface area contributed by atoms with Gasteiger partial charge in [-0.15, -0.1) is 0 Å². The van der Waals surface area contributed by atoms with E-state index in [1.54, 1.807) is 11.8 Å². The highest BCUT2D eigenvalue weighted by Crippen LogP contribution is 2.30. The van der Waals surface area contributed by atoms with E-state index in [0.29, 0.717) is 17.1 Å². The third-order valence-corrected chi connectivity index (χ3v) is 6.11. The molecule has 0 radical (unpaired) electrons. The third kappa shape index (κ3) is 2.46. The monoisotopic (exact) mass is 381 g/mol. The normalized spacial score (nSPS) is 14.0. The molecule has 0 amide bonds. The van der Waals surface area contributed by atoms with Crippen molar-refractivity contribution in [2.24, 2.45) is 0 Å². The predicted molar refractivity (Wildman–Crippen MR) is 107 cm³/mol. The highest BCUT2D eigenvalue weighted by molar-refractivity contribution is 7.99. The number of rotatable bonds is 2. The SMILES string of the molecule is O=c1c2c(nc3n1CCCS3)c1ccccc1n2Cc1cccc(Cl)c1. The van der Waals surface area contributed by atoms with Crippen LogP contribution in [0.5, 0.6) is 0 Å². The van der Waals surface area contributed by atoms with Crippen molar-refractivity contribution in [2.75, 3.05) is 5.75 Å². The molecule has 2 aromatic carbocycles. The van der Waals surface area contributed by atoms with Gasteiger partial charge in [0.15, 0.2) is 5.16 Å². The summed E-state index contributed by atoms with van der Waals surface area (Å²) in [5.41, 5.74) is 3.62. The quantitative estimate of drug-likeness (QED) is 0.478. The van der Waals surface area contributed by atoms with Crippen LogP contribution in [0.2, 0.25) is 5.02 Å². The predicted octanol–water partition coefficient (Wildman–Crippen LogP) is 4.55. The van der Waals surface area contributed by atoms with Gasteiger partial charge in [0.05, 0.1) is 5.52 Å². The second-order valence-electron chi connectivity index (χ2n) is 6.48. The van der Waals surface area contributed by atoms with Crippen LogP contribution in [0.4, 0.5) is 0 Å². The summed E-state index contributed by atoms with van der Waals surface area (Å²) >= 11 is 7.82. The Kier molecular flexibility index (Phi) is 3.80. The van der Waals surface area contributed by atoms with Gasteiger partial charge in [-0.2, -0.15) is 0 Å². The summed E-state index contributed by atoms with van der Waals surface area (Å²) in [4.78, 5) is 18.1. The van der Waals surface area contributed by atoms with Gasteiger partial charge in [0, 0.05) is 29.3 Å². The highest BCUT2D eigenvalue weighted by Gasteiger charge is 2.21. The molecule has 4 aromatic rings. The van der Waals surface area contributed by atoms with E-state index in [4.69, 9.17) is 16.6 Å². The maximum Gasteiger partial charge on any atom is 0.278 e. The zero-order valence-corrected chi connectivity index (χ0v) is 15.6. The van der Waals surface area contributed by atoms with Crippen LogP contribution >= 0.6 is 23.4 Å². The Balaban J connectivity index is 1.84.